The van der Waals surface area contributed by atoms with Gasteiger partial charge in [0.2, 0.25) is 11.8 Å². The molecule has 2 N–H and O–H groups in total. The molecule has 0 unspecified atom stereocenters. The molecular weight excluding hydrogens is 216 g/mol. The highest BCUT2D eigenvalue weighted by atomic mass is 16.2. The van der Waals surface area contributed by atoms with Crippen molar-refractivity contribution in [2.45, 2.75) is 13.3 Å². The molecule has 0 fully saturated rings. The quantitative estimate of drug-likeness (QED) is 0.823. The van der Waals surface area contributed by atoms with Crippen LogP contribution in [0.15, 0.2) is 24.3 Å². The predicted octanol–water partition coefficient (Wildman–Crippen LogP) is 1.33. The van der Waals surface area contributed by atoms with E-state index in [1.165, 1.54) is 6.92 Å². The number of hydrogen-bond acceptors (Lipinski definition) is 2. The Morgan fingerprint density at radius 3 is 3.12 bits per heavy atom. The first kappa shape index (κ1) is 11.4. The van der Waals surface area contributed by atoms with E-state index in [0.717, 1.165) is 16.8 Å². The molecule has 88 valence electrons. The van der Waals surface area contributed by atoms with E-state index in [2.05, 4.69) is 10.6 Å². The standard InChI is InChI=1S/C13H14N2O2/c1-9(16)14-6-2-3-10-4-5-12-11(7-10)8-13(17)15-12/h2-5,7H,6,8H2,1H3,(H,14,16)(H,15,17). The summed E-state index contributed by atoms with van der Waals surface area (Å²) in [5.41, 5.74) is 2.95. The zero-order valence-corrected chi connectivity index (χ0v) is 9.62. The third kappa shape index (κ3) is 2.93. The highest BCUT2D eigenvalue weighted by Crippen LogP contribution is 2.24. The minimum absolute atomic E-state index is 0.0411. The van der Waals surface area contributed by atoms with Gasteiger partial charge in [-0.2, -0.15) is 0 Å². The van der Waals surface area contributed by atoms with Crippen molar-refractivity contribution in [3.05, 3.63) is 35.4 Å². The second-order valence-electron chi connectivity index (χ2n) is 3.98. The van der Waals surface area contributed by atoms with Crippen molar-refractivity contribution >= 4 is 23.6 Å². The second kappa shape index (κ2) is 4.82. The molecule has 1 aliphatic rings. The third-order valence-corrected chi connectivity index (χ3v) is 2.53. The predicted molar refractivity (Wildman–Crippen MR) is 66.5 cm³/mol. The first-order valence-corrected chi connectivity index (χ1v) is 5.49. The molecule has 0 aromatic heterocycles. The summed E-state index contributed by atoms with van der Waals surface area (Å²) >= 11 is 0. The van der Waals surface area contributed by atoms with Gasteiger partial charge in [0.15, 0.2) is 0 Å². The molecule has 0 bridgehead atoms. The van der Waals surface area contributed by atoms with Crippen LogP contribution in [0, 0.1) is 0 Å². The Kier molecular flexibility index (Phi) is 3.23. The van der Waals surface area contributed by atoms with E-state index in [0.29, 0.717) is 13.0 Å². The smallest absolute Gasteiger partial charge is 0.228 e. The van der Waals surface area contributed by atoms with Crippen LogP contribution in [0.3, 0.4) is 0 Å². The van der Waals surface area contributed by atoms with Gasteiger partial charge in [-0.3, -0.25) is 9.59 Å². The Balaban J connectivity index is 2.01. The van der Waals surface area contributed by atoms with Crippen LogP contribution >= 0.6 is 0 Å². The Morgan fingerprint density at radius 1 is 1.53 bits per heavy atom. The van der Waals surface area contributed by atoms with E-state index in [9.17, 15) is 9.59 Å². The van der Waals surface area contributed by atoms with Gasteiger partial charge in [0.1, 0.15) is 0 Å². The molecule has 4 nitrogen and oxygen atoms in total. The largest absolute Gasteiger partial charge is 0.353 e. The molecule has 0 atom stereocenters. The van der Waals surface area contributed by atoms with E-state index < -0.39 is 0 Å². The van der Waals surface area contributed by atoms with Crippen LogP contribution in [0.25, 0.3) is 6.08 Å². The minimum atomic E-state index is -0.0431. The van der Waals surface area contributed by atoms with E-state index in [1.54, 1.807) is 0 Å². The maximum atomic E-state index is 11.2. The lowest BCUT2D eigenvalue weighted by atomic mass is 10.1. The third-order valence-electron chi connectivity index (χ3n) is 2.53. The summed E-state index contributed by atoms with van der Waals surface area (Å²) in [7, 11) is 0. The summed E-state index contributed by atoms with van der Waals surface area (Å²) in [5, 5.41) is 5.47. The fourth-order valence-corrected chi connectivity index (χ4v) is 1.75. The number of hydrogen-bond donors (Lipinski definition) is 2. The Labute approximate surface area is 99.7 Å². The van der Waals surface area contributed by atoms with Crippen molar-refractivity contribution in [3.8, 4) is 0 Å². The first-order chi connectivity index (χ1) is 8.15. The molecule has 17 heavy (non-hydrogen) atoms. The lowest BCUT2D eigenvalue weighted by molar-refractivity contribution is -0.118. The van der Waals surface area contributed by atoms with Gasteiger partial charge in [-0.15, -0.1) is 0 Å². The summed E-state index contributed by atoms with van der Waals surface area (Å²) in [5.74, 6) is -0.00206. The van der Waals surface area contributed by atoms with E-state index in [4.69, 9.17) is 0 Å². The van der Waals surface area contributed by atoms with Crippen LogP contribution in [0.4, 0.5) is 5.69 Å². The number of carbonyl (C=O) groups is 2. The molecule has 2 rings (SSSR count). The normalized spacial score (nSPS) is 13.6. The Hall–Kier alpha value is -2.10. The number of benzene rings is 1. The van der Waals surface area contributed by atoms with Gasteiger partial charge in [0, 0.05) is 19.2 Å². The van der Waals surface area contributed by atoms with Crippen molar-refractivity contribution in [2.24, 2.45) is 0 Å². The highest BCUT2D eigenvalue weighted by Gasteiger charge is 2.16. The number of anilines is 1. The average Bonchev–Trinajstić information content (AvgIpc) is 2.63. The second-order valence-corrected chi connectivity index (χ2v) is 3.98. The molecule has 0 radical (unpaired) electrons. The maximum Gasteiger partial charge on any atom is 0.228 e. The van der Waals surface area contributed by atoms with E-state index in [-0.39, 0.29) is 11.8 Å². The van der Waals surface area contributed by atoms with Crippen molar-refractivity contribution < 1.29 is 9.59 Å². The molecule has 1 heterocycles. The van der Waals surface area contributed by atoms with Crippen LogP contribution in [0.1, 0.15) is 18.1 Å². The lowest BCUT2D eigenvalue weighted by Gasteiger charge is -2.00. The summed E-state index contributed by atoms with van der Waals surface area (Å²) < 4.78 is 0. The van der Waals surface area contributed by atoms with E-state index in [1.807, 2.05) is 30.4 Å². The molecule has 0 spiro atoms. The van der Waals surface area contributed by atoms with Gasteiger partial charge >= 0.3 is 0 Å². The molecular formula is C13H14N2O2. The summed E-state index contributed by atoms with van der Waals surface area (Å²) in [6.45, 7) is 2.00. The van der Waals surface area contributed by atoms with Gasteiger partial charge in [-0.1, -0.05) is 18.2 Å². The molecule has 0 aliphatic carbocycles. The number of fused-ring (bicyclic) bond motifs is 1. The fourth-order valence-electron chi connectivity index (χ4n) is 1.75. The fraction of sp³-hybridized carbons (Fsp3) is 0.231. The number of nitrogens with one attached hydrogen (secondary N) is 2. The van der Waals surface area contributed by atoms with Crippen LogP contribution in [-0.2, 0) is 16.0 Å². The zero-order valence-electron chi connectivity index (χ0n) is 9.62. The van der Waals surface area contributed by atoms with Gasteiger partial charge in [0.05, 0.1) is 6.42 Å². The monoisotopic (exact) mass is 230 g/mol. The average molecular weight is 230 g/mol. The Morgan fingerprint density at radius 2 is 2.35 bits per heavy atom. The van der Waals surface area contributed by atoms with E-state index >= 15 is 0 Å². The summed E-state index contributed by atoms with van der Waals surface area (Å²) in [6.07, 6.45) is 4.26. The van der Waals surface area contributed by atoms with Crippen LogP contribution in [0.2, 0.25) is 0 Å². The number of amides is 2. The SMILES string of the molecule is CC(=O)NCC=Cc1ccc2c(c1)CC(=O)N2. The van der Waals surface area contributed by atoms with Gasteiger partial charge in [-0.25, -0.2) is 0 Å². The molecule has 0 saturated carbocycles. The summed E-state index contributed by atoms with van der Waals surface area (Å²) in [6, 6.07) is 5.82. The molecule has 4 heteroatoms. The van der Waals surface area contributed by atoms with Crippen molar-refractivity contribution in [1.29, 1.82) is 0 Å². The zero-order chi connectivity index (χ0) is 12.3. The van der Waals surface area contributed by atoms with Gasteiger partial charge in [-0.05, 0) is 23.3 Å². The molecule has 1 aliphatic heterocycles. The number of carbonyl (C=O) groups excluding carboxylic acids is 2. The molecule has 1 aromatic rings. The first-order valence-electron chi connectivity index (χ1n) is 5.49. The Bertz CT molecular complexity index is 492. The highest BCUT2D eigenvalue weighted by molar-refractivity contribution is 5.99. The van der Waals surface area contributed by atoms with Crippen molar-refractivity contribution in [3.63, 3.8) is 0 Å². The number of rotatable bonds is 3. The molecule has 1 aromatic carbocycles. The lowest BCUT2D eigenvalue weighted by Crippen LogP contribution is -2.19. The van der Waals surface area contributed by atoms with Gasteiger partial charge < -0.3 is 10.6 Å². The summed E-state index contributed by atoms with van der Waals surface area (Å²) in [4.78, 5) is 21.8. The van der Waals surface area contributed by atoms with Crippen LogP contribution < -0.4 is 10.6 Å². The van der Waals surface area contributed by atoms with Crippen molar-refractivity contribution in [2.75, 3.05) is 11.9 Å². The van der Waals surface area contributed by atoms with Crippen LogP contribution in [-0.4, -0.2) is 18.4 Å². The van der Waals surface area contributed by atoms with Gasteiger partial charge in [0.25, 0.3) is 0 Å². The molecule has 2 amide bonds. The minimum Gasteiger partial charge on any atom is -0.353 e. The molecule has 0 saturated heterocycles. The maximum absolute atomic E-state index is 11.2. The van der Waals surface area contributed by atoms with Crippen LogP contribution in [0.5, 0.6) is 0 Å². The topological polar surface area (TPSA) is 58.2 Å². The van der Waals surface area contributed by atoms with Crippen molar-refractivity contribution in [1.82, 2.24) is 5.32 Å².